The lowest BCUT2D eigenvalue weighted by Crippen LogP contribution is -2.47. The number of hydrogen-bond acceptors (Lipinski definition) is 3. The highest BCUT2D eigenvalue weighted by molar-refractivity contribution is 6.09. The zero-order chi connectivity index (χ0) is 18.1. The summed E-state index contributed by atoms with van der Waals surface area (Å²) in [5, 5.41) is 0. The number of halogens is 3. The Kier molecular flexibility index (Phi) is 6.12. The molecule has 4 rings (SSSR count). The van der Waals surface area contributed by atoms with Crippen molar-refractivity contribution in [1.82, 2.24) is 4.90 Å². The second kappa shape index (κ2) is 8.36. The van der Waals surface area contributed by atoms with Crippen LogP contribution < -0.4 is 4.90 Å². The SMILES string of the molecule is Cl.O=C(c1ccccc1)c1cc(F)c(N2CCN(CC3CC3)CC2)c(F)c1. The molecule has 2 fully saturated rings. The van der Waals surface area contributed by atoms with E-state index in [2.05, 4.69) is 4.90 Å². The number of rotatable bonds is 5. The summed E-state index contributed by atoms with van der Waals surface area (Å²) in [4.78, 5) is 16.6. The van der Waals surface area contributed by atoms with Gasteiger partial charge in [-0.05, 0) is 30.9 Å². The Hall–Kier alpha value is -1.98. The molecule has 0 bridgehead atoms. The number of piperazine rings is 1. The van der Waals surface area contributed by atoms with Gasteiger partial charge >= 0.3 is 0 Å². The second-order valence-corrected chi connectivity index (χ2v) is 7.21. The van der Waals surface area contributed by atoms with E-state index in [1.54, 1.807) is 35.2 Å². The Bertz CT molecular complexity index is 780. The molecule has 144 valence electrons. The van der Waals surface area contributed by atoms with Gasteiger partial charge in [0.2, 0.25) is 0 Å². The minimum atomic E-state index is -0.667. The van der Waals surface area contributed by atoms with E-state index in [0.717, 1.165) is 37.7 Å². The molecule has 0 atom stereocenters. The van der Waals surface area contributed by atoms with Gasteiger partial charge < -0.3 is 4.90 Å². The molecule has 3 nitrogen and oxygen atoms in total. The van der Waals surface area contributed by atoms with E-state index in [-0.39, 0.29) is 29.4 Å². The molecule has 1 saturated carbocycles. The van der Waals surface area contributed by atoms with Gasteiger partial charge in [0.1, 0.15) is 17.3 Å². The van der Waals surface area contributed by atoms with Crippen molar-refractivity contribution in [2.24, 2.45) is 5.92 Å². The van der Waals surface area contributed by atoms with Gasteiger partial charge in [-0.15, -0.1) is 12.4 Å². The highest BCUT2D eigenvalue weighted by Gasteiger charge is 2.28. The topological polar surface area (TPSA) is 23.6 Å². The molecule has 2 aliphatic rings. The molecule has 0 unspecified atom stereocenters. The van der Waals surface area contributed by atoms with Crippen LogP contribution in [-0.2, 0) is 0 Å². The molecule has 27 heavy (non-hydrogen) atoms. The second-order valence-electron chi connectivity index (χ2n) is 7.21. The Labute approximate surface area is 164 Å². The van der Waals surface area contributed by atoms with Crippen LogP contribution in [0, 0.1) is 17.6 Å². The standard InChI is InChI=1S/C21H22F2N2O.ClH/c22-18-12-17(21(26)16-4-2-1-3-5-16)13-19(23)20(18)25-10-8-24(9-11-25)14-15-6-7-15;/h1-5,12-13,15H,6-11,14H2;1H. The summed E-state index contributed by atoms with van der Waals surface area (Å²) in [7, 11) is 0. The molecular formula is C21H23ClF2N2O. The minimum Gasteiger partial charge on any atom is -0.364 e. The van der Waals surface area contributed by atoms with Crippen molar-refractivity contribution >= 4 is 23.9 Å². The average molecular weight is 393 g/mol. The summed E-state index contributed by atoms with van der Waals surface area (Å²) in [6.07, 6.45) is 2.61. The Morgan fingerprint density at radius 2 is 1.52 bits per heavy atom. The van der Waals surface area contributed by atoms with Crippen LogP contribution >= 0.6 is 12.4 Å². The minimum absolute atomic E-state index is 0. The zero-order valence-corrected chi connectivity index (χ0v) is 15.9. The van der Waals surface area contributed by atoms with Crippen LogP contribution in [0.2, 0.25) is 0 Å². The first-order valence-electron chi connectivity index (χ1n) is 9.18. The van der Waals surface area contributed by atoms with E-state index >= 15 is 0 Å². The lowest BCUT2D eigenvalue weighted by molar-refractivity contribution is 0.103. The molecule has 0 radical (unpaired) electrons. The monoisotopic (exact) mass is 392 g/mol. The largest absolute Gasteiger partial charge is 0.364 e. The van der Waals surface area contributed by atoms with E-state index in [4.69, 9.17) is 0 Å². The van der Waals surface area contributed by atoms with Crippen molar-refractivity contribution < 1.29 is 13.6 Å². The average Bonchev–Trinajstić information content (AvgIpc) is 3.46. The van der Waals surface area contributed by atoms with Crippen molar-refractivity contribution in [3.05, 3.63) is 65.2 Å². The summed E-state index contributed by atoms with van der Waals surface area (Å²) in [6, 6.07) is 10.9. The molecule has 0 aromatic heterocycles. The van der Waals surface area contributed by atoms with Gasteiger partial charge in [-0.3, -0.25) is 9.69 Å². The summed E-state index contributed by atoms with van der Waals surface area (Å²) >= 11 is 0. The number of benzene rings is 2. The molecule has 1 heterocycles. The summed E-state index contributed by atoms with van der Waals surface area (Å²) in [5.41, 5.74) is 0.454. The Balaban J connectivity index is 0.00000210. The van der Waals surface area contributed by atoms with Crippen molar-refractivity contribution in [3.63, 3.8) is 0 Å². The van der Waals surface area contributed by atoms with Gasteiger partial charge in [-0.2, -0.15) is 0 Å². The van der Waals surface area contributed by atoms with E-state index in [9.17, 15) is 13.6 Å². The normalized spacial score (nSPS) is 17.5. The first kappa shape index (κ1) is 19.8. The van der Waals surface area contributed by atoms with Crippen molar-refractivity contribution in [2.75, 3.05) is 37.6 Å². The van der Waals surface area contributed by atoms with Gasteiger partial charge in [-0.25, -0.2) is 8.78 Å². The Morgan fingerprint density at radius 1 is 0.926 bits per heavy atom. The molecule has 0 spiro atoms. The smallest absolute Gasteiger partial charge is 0.193 e. The number of anilines is 1. The predicted molar refractivity (Wildman–Crippen MR) is 105 cm³/mol. The van der Waals surface area contributed by atoms with E-state index in [0.29, 0.717) is 18.7 Å². The van der Waals surface area contributed by atoms with Crippen LogP contribution in [-0.4, -0.2) is 43.4 Å². The maximum atomic E-state index is 14.6. The van der Waals surface area contributed by atoms with Gasteiger partial charge in [0.05, 0.1) is 0 Å². The first-order chi connectivity index (χ1) is 12.6. The van der Waals surface area contributed by atoms with Crippen molar-refractivity contribution in [2.45, 2.75) is 12.8 Å². The lowest BCUT2D eigenvalue weighted by atomic mass is 10.0. The highest BCUT2D eigenvalue weighted by Crippen LogP contribution is 2.31. The first-order valence-corrected chi connectivity index (χ1v) is 9.18. The molecule has 1 aliphatic heterocycles. The van der Waals surface area contributed by atoms with Crippen LogP contribution in [0.1, 0.15) is 28.8 Å². The molecule has 1 aliphatic carbocycles. The number of nitrogens with zero attached hydrogens (tertiary/aromatic N) is 2. The third-order valence-corrected chi connectivity index (χ3v) is 5.22. The molecule has 0 N–H and O–H groups in total. The maximum Gasteiger partial charge on any atom is 0.193 e. The van der Waals surface area contributed by atoms with Gasteiger partial charge in [0.15, 0.2) is 5.78 Å². The number of hydrogen-bond donors (Lipinski definition) is 0. The van der Waals surface area contributed by atoms with Gasteiger partial charge in [-0.1, -0.05) is 30.3 Å². The van der Waals surface area contributed by atoms with Crippen LogP contribution in [0.4, 0.5) is 14.5 Å². The fraction of sp³-hybridized carbons (Fsp3) is 0.381. The zero-order valence-electron chi connectivity index (χ0n) is 15.0. The van der Waals surface area contributed by atoms with E-state index < -0.39 is 11.6 Å². The fourth-order valence-corrected chi connectivity index (χ4v) is 3.57. The van der Waals surface area contributed by atoms with Crippen molar-refractivity contribution in [1.29, 1.82) is 0 Å². The van der Waals surface area contributed by atoms with Gasteiger partial charge in [0, 0.05) is 43.9 Å². The van der Waals surface area contributed by atoms with E-state index in [1.165, 1.54) is 12.8 Å². The fourth-order valence-electron chi connectivity index (χ4n) is 3.57. The van der Waals surface area contributed by atoms with E-state index in [1.807, 2.05) is 0 Å². The summed E-state index contributed by atoms with van der Waals surface area (Å²) in [5.74, 6) is -0.887. The summed E-state index contributed by atoms with van der Waals surface area (Å²) in [6.45, 7) is 3.95. The van der Waals surface area contributed by atoms with Crippen molar-refractivity contribution in [3.8, 4) is 0 Å². The molecule has 2 aromatic carbocycles. The molecule has 0 amide bonds. The molecule has 1 saturated heterocycles. The van der Waals surface area contributed by atoms with Crippen LogP contribution in [0.3, 0.4) is 0 Å². The van der Waals surface area contributed by atoms with Crippen LogP contribution in [0.15, 0.2) is 42.5 Å². The van der Waals surface area contributed by atoms with Crippen LogP contribution in [0.25, 0.3) is 0 Å². The summed E-state index contributed by atoms with van der Waals surface area (Å²) < 4.78 is 29.3. The quantitative estimate of drug-likeness (QED) is 0.714. The maximum absolute atomic E-state index is 14.6. The Morgan fingerprint density at radius 3 is 2.07 bits per heavy atom. The third-order valence-electron chi connectivity index (χ3n) is 5.22. The highest BCUT2D eigenvalue weighted by atomic mass is 35.5. The molecule has 6 heteroatoms. The third kappa shape index (κ3) is 4.47. The lowest BCUT2D eigenvalue weighted by Gasteiger charge is -2.36. The molecule has 2 aromatic rings. The van der Waals surface area contributed by atoms with Gasteiger partial charge in [0.25, 0.3) is 0 Å². The van der Waals surface area contributed by atoms with Crippen LogP contribution in [0.5, 0.6) is 0 Å². The predicted octanol–water partition coefficient (Wildman–Crippen LogP) is 4.15. The molecular weight excluding hydrogens is 370 g/mol. The number of ketones is 1. The number of carbonyl (C=O) groups is 1. The number of carbonyl (C=O) groups excluding carboxylic acids is 1.